The van der Waals surface area contributed by atoms with Crippen LogP contribution in [0.5, 0.6) is 0 Å². The highest BCUT2D eigenvalue weighted by molar-refractivity contribution is 5.85. The fourth-order valence-electron chi connectivity index (χ4n) is 2.24. The van der Waals surface area contributed by atoms with Crippen LogP contribution in [0.15, 0.2) is 0 Å². The summed E-state index contributed by atoms with van der Waals surface area (Å²) in [7, 11) is 0. The summed E-state index contributed by atoms with van der Waals surface area (Å²) in [6, 6.07) is 2.41. The lowest BCUT2D eigenvalue weighted by molar-refractivity contribution is -0.128. The van der Waals surface area contributed by atoms with Crippen molar-refractivity contribution < 1.29 is 4.79 Å². The lowest BCUT2D eigenvalue weighted by atomic mass is 9.87. The molecule has 0 aliphatic heterocycles. The van der Waals surface area contributed by atoms with Gasteiger partial charge in [0.05, 0.1) is 6.07 Å². The SMILES string of the molecule is CCC(C)(C#N)C(=O)NC1CCCCCCC1. The molecule has 1 rings (SSSR count). The van der Waals surface area contributed by atoms with Gasteiger partial charge in [0, 0.05) is 6.04 Å². The van der Waals surface area contributed by atoms with Gasteiger partial charge in [-0.3, -0.25) is 4.79 Å². The van der Waals surface area contributed by atoms with Gasteiger partial charge in [0.2, 0.25) is 5.91 Å². The molecule has 0 spiro atoms. The first-order valence-electron chi connectivity index (χ1n) is 6.84. The highest BCUT2D eigenvalue weighted by atomic mass is 16.2. The lowest BCUT2D eigenvalue weighted by Crippen LogP contribution is -2.43. The van der Waals surface area contributed by atoms with E-state index < -0.39 is 5.41 Å². The van der Waals surface area contributed by atoms with Crippen LogP contribution in [0.3, 0.4) is 0 Å². The average Bonchev–Trinajstić information content (AvgIpc) is 2.31. The third-order valence-electron chi connectivity index (χ3n) is 3.90. The molecular formula is C14H24N2O. The van der Waals surface area contributed by atoms with Crippen LogP contribution >= 0.6 is 0 Å². The standard InChI is InChI=1S/C14H24N2O/c1-3-14(2,11-15)13(17)16-12-9-7-5-4-6-8-10-12/h12H,3-10H2,1-2H3,(H,16,17). The van der Waals surface area contributed by atoms with Crippen molar-refractivity contribution in [3.05, 3.63) is 0 Å². The first-order chi connectivity index (χ1) is 8.12. The zero-order valence-electron chi connectivity index (χ0n) is 11.1. The molecule has 0 heterocycles. The van der Waals surface area contributed by atoms with Crippen LogP contribution in [-0.2, 0) is 4.79 Å². The Bertz CT molecular complexity index is 287. The minimum atomic E-state index is -0.859. The minimum Gasteiger partial charge on any atom is -0.352 e. The predicted octanol–water partition coefficient (Wildman–Crippen LogP) is 3.16. The quantitative estimate of drug-likeness (QED) is 0.818. The van der Waals surface area contributed by atoms with Gasteiger partial charge < -0.3 is 5.32 Å². The first kappa shape index (κ1) is 14.0. The maximum Gasteiger partial charge on any atom is 0.240 e. The van der Waals surface area contributed by atoms with E-state index in [-0.39, 0.29) is 11.9 Å². The molecule has 1 saturated carbocycles. The molecule has 0 bridgehead atoms. The smallest absolute Gasteiger partial charge is 0.240 e. The molecule has 1 unspecified atom stereocenters. The van der Waals surface area contributed by atoms with Gasteiger partial charge in [0.25, 0.3) is 0 Å². The maximum absolute atomic E-state index is 12.1. The number of hydrogen-bond donors (Lipinski definition) is 1. The number of hydrogen-bond acceptors (Lipinski definition) is 2. The Morgan fingerprint density at radius 2 is 1.82 bits per heavy atom. The van der Waals surface area contributed by atoms with Crippen molar-refractivity contribution in [1.29, 1.82) is 5.26 Å². The Balaban J connectivity index is 2.51. The second kappa shape index (κ2) is 6.64. The number of rotatable bonds is 3. The van der Waals surface area contributed by atoms with Crippen molar-refractivity contribution in [2.24, 2.45) is 5.41 Å². The predicted molar refractivity (Wildman–Crippen MR) is 68.3 cm³/mol. The molecule has 17 heavy (non-hydrogen) atoms. The van der Waals surface area contributed by atoms with Gasteiger partial charge in [-0.2, -0.15) is 5.26 Å². The van der Waals surface area contributed by atoms with Gasteiger partial charge in [0.15, 0.2) is 0 Å². The van der Waals surface area contributed by atoms with E-state index in [4.69, 9.17) is 5.26 Å². The summed E-state index contributed by atoms with van der Waals surface area (Å²) in [6.07, 6.45) is 8.97. The molecule has 3 heteroatoms. The number of nitrogens with one attached hydrogen (secondary N) is 1. The van der Waals surface area contributed by atoms with Gasteiger partial charge in [0.1, 0.15) is 5.41 Å². The highest BCUT2D eigenvalue weighted by Gasteiger charge is 2.32. The Labute approximate surface area is 105 Å². The monoisotopic (exact) mass is 236 g/mol. The van der Waals surface area contributed by atoms with E-state index in [1.165, 1.54) is 32.1 Å². The first-order valence-corrected chi connectivity index (χ1v) is 6.84. The molecule has 1 aliphatic rings. The number of carbonyl (C=O) groups is 1. The molecule has 0 aromatic heterocycles. The molecule has 0 aromatic rings. The highest BCUT2D eigenvalue weighted by Crippen LogP contribution is 2.22. The zero-order valence-corrected chi connectivity index (χ0v) is 11.1. The number of carbonyl (C=O) groups excluding carboxylic acids is 1. The summed E-state index contributed by atoms with van der Waals surface area (Å²) in [6.45, 7) is 3.62. The molecule has 1 aliphatic carbocycles. The molecular weight excluding hydrogens is 212 g/mol. The summed E-state index contributed by atoms with van der Waals surface area (Å²) in [4.78, 5) is 12.1. The summed E-state index contributed by atoms with van der Waals surface area (Å²) in [5.41, 5.74) is -0.859. The molecule has 0 aromatic carbocycles. The van der Waals surface area contributed by atoms with E-state index in [0.29, 0.717) is 6.42 Å². The van der Waals surface area contributed by atoms with Crippen molar-refractivity contribution in [3.63, 3.8) is 0 Å². The van der Waals surface area contributed by atoms with Crippen molar-refractivity contribution >= 4 is 5.91 Å². The van der Waals surface area contributed by atoms with Gasteiger partial charge in [-0.15, -0.1) is 0 Å². The van der Waals surface area contributed by atoms with Crippen LogP contribution in [0.25, 0.3) is 0 Å². The third-order valence-corrected chi connectivity index (χ3v) is 3.90. The van der Waals surface area contributed by atoms with Crippen LogP contribution in [0.4, 0.5) is 0 Å². The van der Waals surface area contributed by atoms with Crippen LogP contribution in [0.1, 0.15) is 65.2 Å². The van der Waals surface area contributed by atoms with E-state index in [1.807, 2.05) is 6.92 Å². The van der Waals surface area contributed by atoms with Crippen LogP contribution in [0.2, 0.25) is 0 Å². The summed E-state index contributed by atoms with van der Waals surface area (Å²) in [5.74, 6) is -0.0897. The van der Waals surface area contributed by atoms with E-state index >= 15 is 0 Å². The van der Waals surface area contributed by atoms with Crippen molar-refractivity contribution in [2.75, 3.05) is 0 Å². The topological polar surface area (TPSA) is 52.9 Å². The molecule has 0 radical (unpaired) electrons. The summed E-state index contributed by atoms with van der Waals surface area (Å²) < 4.78 is 0. The largest absolute Gasteiger partial charge is 0.352 e. The van der Waals surface area contributed by atoms with Gasteiger partial charge in [-0.1, -0.05) is 39.0 Å². The number of nitrogens with zero attached hydrogens (tertiary/aromatic N) is 1. The normalized spacial score (nSPS) is 21.7. The Morgan fingerprint density at radius 3 is 2.29 bits per heavy atom. The number of nitriles is 1. The molecule has 1 atom stereocenters. The maximum atomic E-state index is 12.1. The van der Waals surface area contributed by atoms with Crippen LogP contribution < -0.4 is 5.32 Å². The van der Waals surface area contributed by atoms with Crippen LogP contribution in [0, 0.1) is 16.7 Å². The minimum absolute atomic E-state index is 0.0897. The van der Waals surface area contributed by atoms with E-state index in [9.17, 15) is 4.79 Å². The van der Waals surface area contributed by atoms with E-state index in [1.54, 1.807) is 6.92 Å². The lowest BCUT2D eigenvalue weighted by Gasteiger charge is -2.25. The van der Waals surface area contributed by atoms with Crippen LogP contribution in [-0.4, -0.2) is 11.9 Å². The van der Waals surface area contributed by atoms with Gasteiger partial charge >= 0.3 is 0 Å². The van der Waals surface area contributed by atoms with Crippen molar-refractivity contribution in [2.45, 2.75) is 71.3 Å². The van der Waals surface area contributed by atoms with E-state index in [2.05, 4.69) is 11.4 Å². The van der Waals surface area contributed by atoms with Gasteiger partial charge in [-0.25, -0.2) is 0 Å². The Hall–Kier alpha value is -1.04. The second-order valence-corrected chi connectivity index (χ2v) is 5.31. The third kappa shape index (κ3) is 4.03. The fourth-order valence-corrected chi connectivity index (χ4v) is 2.24. The Morgan fingerprint density at radius 1 is 1.29 bits per heavy atom. The average molecular weight is 236 g/mol. The van der Waals surface area contributed by atoms with Gasteiger partial charge in [-0.05, 0) is 26.2 Å². The van der Waals surface area contributed by atoms with Crippen molar-refractivity contribution in [1.82, 2.24) is 5.32 Å². The van der Waals surface area contributed by atoms with E-state index in [0.717, 1.165) is 12.8 Å². The molecule has 1 amide bonds. The second-order valence-electron chi connectivity index (χ2n) is 5.31. The van der Waals surface area contributed by atoms with Crippen molar-refractivity contribution in [3.8, 4) is 6.07 Å². The Kier molecular flexibility index (Phi) is 5.47. The molecule has 1 N–H and O–H groups in total. The molecule has 0 saturated heterocycles. The number of amides is 1. The fraction of sp³-hybridized carbons (Fsp3) is 0.857. The summed E-state index contributed by atoms with van der Waals surface area (Å²) >= 11 is 0. The zero-order chi connectivity index (χ0) is 12.7. The molecule has 1 fully saturated rings. The molecule has 3 nitrogen and oxygen atoms in total. The summed E-state index contributed by atoms with van der Waals surface area (Å²) in [5, 5.41) is 12.1. The molecule has 96 valence electrons.